The van der Waals surface area contributed by atoms with Crippen LogP contribution >= 0.6 is 0 Å². The summed E-state index contributed by atoms with van der Waals surface area (Å²) in [5, 5.41) is 11.8. The first-order valence-electron chi connectivity index (χ1n) is 4.93. The molecule has 1 aliphatic carbocycles. The first kappa shape index (κ1) is 10.7. The van der Waals surface area contributed by atoms with Gasteiger partial charge in [0.15, 0.2) is 0 Å². The lowest BCUT2D eigenvalue weighted by molar-refractivity contribution is -0.142. The molecule has 3 atom stereocenters. The molecule has 2 aliphatic rings. The van der Waals surface area contributed by atoms with E-state index in [9.17, 15) is 9.59 Å². The smallest absolute Gasteiger partial charge is 0.344 e. The number of rotatable bonds is 4. The monoisotopic (exact) mass is 225 g/mol. The third kappa shape index (κ3) is 2.05. The van der Waals surface area contributed by atoms with E-state index in [1.165, 1.54) is 6.21 Å². The Morgan fingerprint density at radius 2 is 2.56 bits per heavy atom. The number of ether oxygens (including phenoxy) is 1. The molecular weight excluding hydrogens is 214 g/mol. The van der Waals surface area contributed by atoms with Crippen molar-refractivity contribution >= 4 is 18.2 Å². The summed E-state index contributed by atoms with van der Waals surface area (Å²) in [6, 6.07) is 0. The van der Waals surface area contributed by atoms with Crippen LogP contribution in [0.1, 0.15) is 6.42 Å². The normalized spacial score (nSPS) is 31.8. The van der Waals surface area contributed by atoms with Crippen LogP contribution in [0.3, 0.4) is 0 Å². The van der Waals surface area contributed by atoms with Crippen molar-refractivity contribution in [2.75, 3.05) is 6.61 Å². The zero-order valence-corrected chi connectivity index (χ0v) is 8.41. The molecule has 0 radical (unpaired) electrons. The fourth-order valence-corrected chi connectivity index (χ4v) is 1.87. The van der Waals surface area contributed by atoms with Crippen LogP contribution in [-0.2, 0) is 19.2 Å². The van der Waals surface area contributed by atoms with Crippen molar-refractivity contribution in [3.8, 4) is 0 Å². The summed E-state index contributed by atoms with van der Waals surface area (Å²) in [5.74, 6) is -1.89. The number of nitrogens with zero attached hydrogens (tertiary/aromatic N) is 1. The van der Waals surface area contributed by atoms with E-state index in [0.29, 0.717) is 0 Å². The average molecular weight is 225 g/mol. The fraction of sp³-hybridized carbons (Fsp3) is 0.500. The van der Waals surface area contributed by atoms with Crippen LogP contribution in [0.5, 0.6) is 0 Å². The van der Waals surface area contributed by atoms with Gasteiger partial charge in [-0.25, -0.2) is 4.79 Å². The molecule has 16 heavy (non-hydrogen) atoms. The van der Waals surface area contributed by atoms with E-state index in [0.717, 1.165) is 6.42 Å². The number of hydrogen-bond donors (Lipinski definition) is 1. The van der Waals surface area contributed by atoms with Gasteiger partial charge >= 0.3 is 11.9 Å². The van der Waals surface area contributed by atoms with Crippen LogP contribution < -0.4 is 0 Å². The highest BCUT2D eigenvalue weighted by atomic mass is 16.6. The van der Waals surface area contributed by atoms with Crippen LogP contribution in [-0.4, -0.2) is 36.0 Å². The Morgan fingerprint density at radius 1 is 1.75 bits per heavy atom. The van der Waals surface area contributed by atoms with E-state index in [1.54, 1.807) is 0 Å². The van der Waals surface area contributed by atoms with Crippen molar-refractivity contribution in [1.29, 1.82) is 0 Å². The van der Waals surface area contributed by atoms with Gasteiger partial charge in [-0.2, -0.15) is 0 Å². The van der Waals surface area contributed by atoms with E-state index in [1.807, 2.05) is 12.2 Å². The fourth-order valence-electron chi connectivity index (χ4n) is 1.87. The van der Waals surface area contributed by atoms with Gasteiger partial charge in [-0.05, 0) is 0 Å². The van der Waals surface area contributed by atoms with Crippen LogP contribution in [0.25, 0.3) is 0 Å². The molecule has 0 spiro atoms. The second-order valence-corrected chi connectivity index (χ2v) is 3.66. The van der Waals surface area contributed by atoms with E-state index < -0.39 is 18.5 Å². The van der Waals surface area contributed by atoms with Crippen molar-refractivity contribution in [2.45, 2.75) is 12.5 Å². The summed E-state index contributed by atoms with van der Waals surface area (Å²) in [6.45, 7) is -0.512. The number of esters is 1. The molecule has 0 aromatic heterocycles. The predicted molar refractivity (Wildman–Crippen MR) is 52.7 cm³/mol. The summed E-state index contributed by atoms with van der Waals surface area (Å²) in [5.41, 5.74) is 0. The molecule has 0 aromatic carbocycles. The maximum atomic E-state index is 11.4. The Bertz CT molecular complexity index is 362. The summed E-state index contributed by atoms with van der Waals surface area (Å²) < 4.78 is 5.11. The molecule has 0 aromatic rings. The summed E-state index contributed by atoms with van der Waals surface area (Å²) >= 11 is 0. The Morgan fingerprint density at radius 3 is 3.31 bits per heavy atom. The number of aliphatic carboxylic acids is 1. The number of carbonyl (C=O) groups excluding carboxylic acids is 1. The first-order chi connectivity index (χ1) is 7.68. The van der Waals surface area contributed by atoms with Crippen molar-refractivity contribution in [1.82, 2.24) is 0 Å². The highest BCUT2D eigenvalue weighted by Gasteiger charge is 2.43. The van der Waals surface area contributed by atoms with Gasteiger partial charge < -0.3 is 14.7 Å². The van der Waals surface area contributed by atoms with Gasteiger partial charge in [0.25, 0.3) is 0 Å². The van der Waals surface area contributed by atoms with Crippen LogP contribution in [0, 0.1) is 11.8 Å². The molecule has 6 nitrogen and oxygen atoms in total. The van der Waals surface area contributed by atoms with Crippen molar-refractivity contribution in [2.24, 2.45) is 17.0 Å². The molecular formula is C10H11NO5. The highest BCUT2D eigenvalue weighted by Crippen LogP contribution is 2.34. The SMILES string of the molecule is O=C(O)CON=CC1C(=O)OC2CC=CC21. The van der Waals surface area contributed by atoms with E-state index in [-0.39, 0.29) is 18.0 Å². The number of hydrogen-bond acceptors (Lipinski definition) is 5. The molecule has 86 valence electrons. The van der Waals surface area contributed by atoms with Gasteiger partial charge in [-0.3, -0.25) is 4.79 Å². The third-order valence-electron chi connectivity index (χ3n) is 2.59. The van der Waals surface area contributed by atoms with E-state index in [4.69, 9.17) is 9.84 Å². The molecule has 1 heterocycles. The number of carboxylic acid groups (broad SMARTS) is 1. The van der Waals surface area contributed by atoms with Gasteiger partial charge in [-0.15, -0.1) is 0 Å². The van der Waals surface area contributed by atoms with Crippen molar-refractivity contribution in [3.63, 3.8) is 0 Å². The minimum atomic E-state index is -1.11. The molecule has 1 saturated heterocycles. The molecule has 1 aliphatic heterocycles. The standard InChI is InChI=1S/C10H11NO5/c12-9(13)5-15-11-4-7-6-2-1-3-8(6)16-10(7)14/h1-2,4,6-8H,3,5H2,(H,12,13). The van der Waals surface area contributed by atoms with Gasteiger partial charge in [0.1, 0.15) is 12.0 Å². The molecule has 0 saturated carbocycles. The lowest BCUT2D eigenvalue weighted by atomic mass is 9.94. The maximum Gasteiger partial charge on any atom is 0.344 e. The molecule has 6 heteroatoms. The Kier molecular flexibility index (Phi) is 2.89. The first-order valence-corrected chi connectivity index (χ1v) is 4.93. The van der Waals surface area contributed by atoms with Crippen molar-refractivity contribution < 1.29 is 24.3 Å². The minimum Gasteiger partial charge on any atom is -0.479 e. The lowest BCUT2D eigenvalue weighted by Crippen LogP contribution is -2.17. The quantitative estimate of drug-likeness (QED) is 0.319. The molecule has 1 fully saturated rings. The van der Waals surface area contributed by atoms with Crippen molar-refractivity contribution in [3.05, 3.63) is 12.2 Å². The predicted octanol–water partition coefficient (Wildman–Crippen LogP) is 0.191. The summed E-state index contributed by atoms with van der Waals surface area (Å²) in [4.78, 5) is 26.0. The van der Waals surface area contributed by atoms with Gasteiger partial charge in [0.05, 0.1) is 6.21 Å². The second-order valence-electron chi connectivity index (χ2n) is 3.66. The van der Waals surface area contributed by atoms with Crippen LogP contribution in [0.4, 0.5) is 0 Å². The minimum absolute atomic E-state index is 0.00433. The molecule has 0 bridgehead atoms. The Balaban J connectivity index is 1.91. The molecule has 3 unspecified atom stereocenters. The Hall–Kier alpha value is -1.85. The lowest BCUT2D eigenvalue weighted by Gasteiger charge is -2.06. The highest BCUT2D eigenvalue weighted by molar-refractivity contribution is 5.92. The number of fused-ring (bicyclic) bond motifs is 1. The topological polar surface area (TPSA) is 85.2 Å². The molecule has 2 rings (SSSR count). The average Bonchev–Trinajstić information content (AvgIpc) is 2.74. The van der Waals surface area contributed by atoms with Gasteiger partial charge in [-0.1, -0.05) is 17.3 Å². The van der Waals surface area contributed by atoms with Crippen LogP contribution in [0.15, 0.2) is 17.3 Å². The summed E-state index contributed by atoms with van der Waals surface area (Å²) in [6.07, 6.45) is 5.83. The van der Waals surface area contributed by atoms with Crippen LogP contribution in [0.2, 0.25) is 0 Å². The summed E-state index contributed by atoms with van der Waals surface area (Å²) in [7, 11) is 0. The van der Waals surface area contributed by atoms with E-state index in [2.05, 4.69) is 9.99 Å². The second kappa shape index (κ2) is 4.34. The zero-order valence-electron chi connectivity index (χ0n) is 8.41. The Labute approximate surface area is 91.5 Å². The number of carbonyl (C=O) groups is 2. The third-order valence-corrected chi connectivity index (χ3v) is 2.59. The largest absolute Gasteiger partial charge is 0.479 e. The van der Waals surface area contributed by atoms with E-state index >= 15 is 0 Å². The maximum absolute atomic E-state index is 11.4. The van der Waals surface area contributed by atoms with Gasteiger partial charge in [0.2, 0.25) is 6.61 Å². The molecule has 1 N–H and O–H groups in total. The van der Waals surface area contributed by atoms with Gasteiger partial charge in [0, 0.05) is 12.3 Å². The zero-order chi connectivity index (χ0) is 11.5. The molecule has 0 amide bonds. The number of carboxylic acids is 1. The number of oxime groups is 1.